The van der Waals surface area contributed by atoms with Crippen molar-refractivity contribution in [3.63, 3.8) is 0 Å². The molecule has 0 atom stereocenters. The number of aromatic nitrogens is 2. The second-order valence-corrected chi connectivity index (χ2v) is 17.9. The van der Waals surface area contributed by atoms with E-state index in [1.807, 2.05) is 13.8 Å². The Labute approximate surface area is 396 Å². The van der Waals surface area contributed by atoms with Crippen LogP contribution < -0.4 is 14.5 Å². The van der Waals surface area contributed by atoms with Gasteiger partial charge in [0.25, 0.3) is 0 Å². The molecule has 2 amide bonds. The molecule has 2 saturated carbocycles. The van der Waals surface area contributed by atoms with E-state index in [-0.39, 0.29) is 69.1 Å². The summed E-state index contributed by atoms with van der Waals surface area (Å²) in [5.41, 5.74) is -1.29. The summed E-state index contributed by atoms with van der Waals surface area (Å²) >= 11 is 5.25. The van der Waals surface area contributed by atoms with Crippen LogP contribution in [0, 0.1) is 23.7 Å². The monoisotopic (exact) mass is 978 g/mol. The zero-order valence-electron chi connectivity index (χ0n) is 38.8. The summed E-state index contributed by atoms with van der Waals surface area (Å²) in [7, 11) is 1.29. The molecule has 2 aromatic heterocycles. The second kappa shape index (κ2) is 23.9. The molecule has 370 valence electrons. The summed E-state index contributed by atoms with van der Waals surface area (Å²) in [6.07, 6.45) is 1.86. The number of nitrogens with zero attached hydrogens (tertiary/aromatic N) is 4. The Kier molecular flexibility index (Phi) is 19.2. The lowest BCUT2D eigenvalue weighted by molar-refractivity contribution is -0.139. The number of carbonyl (C=O) groups is 4. The third-order valence-corrected chi connectivity index (χ3v) is 12.1. The second-order valence-electron chi connectivity index (χ2n) is 17.5. The number of phenolic OH excluding ortho intramolecular Hbond substituents is 1. The number of alkyl halides is 6. The van der Waals surface area contributed by atoms with E-state index in [0.29, 0.717) is 29.9 Å². The molecule has 0 spiro atoms. The van der Waals surface area contributed by atoms with Gasteiger partial charge in [-0.25, -0.2) is 9.59 Å². The van der Waals surface area contributed by atoms with Gasteiger partial charge >= 0.3 is 24.3 Å². The predicted molar refractivity (Wildman–Crippen MR) is 244 cm³/mol. The minimum absolute atomic E-state index is 0.0112. The van der Waals surface area contributed by atoms with E-state index in [4.69, 9.17) is 21.1 Å². The van der Waals surface area contributed by atoms with Crippen molar-refractivity contribution in [2.24, 2.45) is 23.7 Å². The number of pyridine rings is 2. The number of carboxylic acid groups (broad SMARTS) is 1. The predicted octanol–water partition coefficient (Wildman–Crippen LogP) is 12.7. The molecule has 2 fully saturated rings. The van der Waals surface area contributed by atoms with Gasteiger partial charge in [-0.1, -0.05) is 25.4 Å². The summed E-state index contributed by atoms with van der Waals surface area (Å²) < 4.78 is 85.7. The number of hydrogen-bond donors (Lipinski definition) is 2. The van der Waals surface area contributed by atoms with Crippen LogP contribution >= 0.6 is 11.6 Å². The highest BCUT2D eigenvalue weighted by Gasteiger charge is 2.37. The van der Waals surface area contributed by atoms with Gasteiger partial charge in [0, 0.05) is 48.7 Å². The molecule has 2 aliphatic rings. The minimum Gasteiger partial charge on any atom is -0.508 e. The minimum atomic E-state index is -4.68. The van der Waals surface area contributed by atoms with Crippen molar-refractivity contribution in [1.29, 1.82) is 0 Å². The summed E-state index contributed by atoms with van der Waals surface area (Å²) in [5, 5.41) is 19.2. The maximum Gasteiger partial charge on any atom is 0.421 e. The molecule has 0 radical (unpaired) electrons. The fraction of sp³-hybridized carbons (Fsp3) is 0.469. The van der Waals surface area contributed by atoms with Gasteiger partial charge in [-0.05, 0) is 139 Å². The van der Waals surface area contributed by atoms with Crippen LogP contribution in [0.4, 0.5) is 37.7 Å². The maximum atomic E-state index is 13.3. The highest BCUT2D eigenvalue weighted by atomic mass is 35.5. The number of aromatic carboxylic acids is 1. The van der Waals surface area contributed by atoms with Gasteiger partial charge in [-0.3, -0.25) is 19.6 Å². The molecular weight excluding hydrogens is 922 g/mol. The molecule has 2 aromatic carbocycles. The van der Waals surface area contributed by atoms with Crippen molar-refractivity contribution in [3.8, 4) is 17.2 Å². The molecule has 0 bridgehead atoms. The van der Waals surface area contributed by atoms with E-state index in [9.17, 15) is 55.7 Å². The van der Waals surface area contributed by atoms with Crippen molar-refractivity contribution in [2.45, 2.75) is 117 Å². The quantitative estimate of drug-likeness (QED) is 0.116. The number of rotatable bonds is 10. The molecule has 0 aliphatic heterocycles. The standard InChI is InChI=1S/C24H27F3N2O4.C19H27NO4.C6H3ClF3N/c1-14(2)29(22(30)16-6-4-15(3)5-7-16)20-9-8-17(12-18(20)23(31)32)33-21-10-11-28-13-19(21)24(25,26)27;1-12(2)20(18(22)14-7-5-13(3)6-8-14)17-10-9-15(21)11-16(17)19(23)24-4;7-5-1-2-11-3-4(5)6(8,9)10/h8-16H,4-7H2,1-3H3,(H,31,32);9-14,21H,5-8H2,1-4H3;1-3H. The molecule has 68 heavy (non-hydrogen) atoms. The first-order valence-electron chi connectivity index (χ1n) is 22.2. The number of carbonyl (C=O) groups excluding carboxylic acids is 3. The molecule has 4 aromatic rings. The Morgan fingerprint density at radius 2 is 1.13 bits per heavy atom. The van der Waals surface area contributed by atoms with E-state index < -0.39 is 41.2 Å². The van der Waals surface area contributed by atoms with E-state index in [1.165, 1.54) is 42.5 Å². The van der Waals surface area contributed by atoms with Gasteiger partial charge in [0.15, 0.2) is 0 Å². The number of carboxylic acids is 1. The van der Waals surface area contributed by atoms with Crippen LogP contribution in [-0.4, -0.2) is 63.1 Å². The fourth-order valence-corrected chi connectivity index (χ4v) is 8.29. The zero-order valence-corrected chi connectivity index (χ0v) is 39.6. The summed E-state index contributed by atoms with van der Waals surface area (Å²) in [5.74, 6) is -1.53. The van der Waals surface area contributed by atoms with Gasteiger partial charge in [0.1, 0.15) is 22.8 Å². The molecule has 12 nitrogen and oxygen atoms in total. The third-order valence-electron chi connectivity index (χ3n) is 11.7. The maximum absolute atomic E-state index is 13.3. The van der Waals surface area contributed by atoms with Crippen molar-refractivity contribution < 1.29 is 65.2 Å². The Hall–Kier alpha value is -5.91. The lowest BCUT2D eigenvalue weighted by atomic mass is 9.82. The average Bonchev–Trinajstić information content (AvgIpc) is 3.27. The first-order valence-corrected chi connectivity index (χ1v) is 22.5. The highest BCUT2D eigenvalue weighted by molar-refractivity contribution is 6.31. The van der Waals surface area contributed by atoms with Crippen molar-refractivity contribution in [2.75, 3.05) is 16.9 Å². The fourth-order valence-electron chi connectivity index (χ4n) is 8.07. The van der Waals surface area contributed by atoms with Crippen LogP contribution in [0.2, 0.25) is 5.02 Å². The number of aromatic hydroxyl groups is 1. The number of hydrogen-bond acceptors (Lipinski definition) is 9. The number of anilines is 2. The average molecular weight is 979 g/mol. The number of benzene rings is 2. The van der Waals surface area contributed by atoms with Crippen LogP contribution in [0.3, 0.4) is 0 Å². The lowest BCUT2D eigenvalue weighted by Gasteiger charge is -2.34. The molecule has 2 N–H and O–H groups in total. The third kappa shape index (κ3) is 14.5. The number of methoxy groups -OCH3 is 1. The van der Waals surface area contributed by atoms with Gasteiger partial charge in [0.05, 0.1) is 40.2 Å². The number of ether oxygens (including phenoxy) is 2. The Morgan fingerprint density at radius 3 is 1.56 bits per heavy atom. The van der Waals surface area contributed by atoms with Crippen molar-refractivity contribution in [3.05, 3.63) is 101 Å². The molecule has 2 heterocycles. The summed E-state index contributed by atoms with van der Waals surface area (Å²) in [6.45, 7) is 11.8. The molecule has 0 unspecified atom stereocenters. The number of phenols is 1. The lowest BCUT2D eigenvalue weighted by Crippen LogP contribution is -2.43. The van der Waals surface area contributed by atoms with E-state index in [2.05, 4.69) is 23.8 Å². The van der Waals surface area contributed by atoms with Crippen molar-refractivity contribution >= 4 is 46.7 Å². The largest absolute Gasteiger partial charge is 0.508 e. The first kappa shape index (κ1) is 54.7. The normalized spacial score (nSPS) is 18.3. The van der Waals surface area contributed by atoms with Crippen LogP contribution in [0.5, 0.6) is 17.2 Å². The molecule has 6 rings (SSSR count). The smallest absolute Gasteiger partial charge is 0.421 e. The number of halogens is 7. The van der Waals surface area contributed by atoms with Crippen LogP contribution in [0.25, 0.3) is 0 Å². The zero-order chi connectivity index (χ0) is 50.7. The van der Waals surface area contributed by atoms with Crippen LogP contribution in [0.15, 0.2) is 73.3 Å². The Morgan fingerprint density at radius 1 is 0.676 bits per heavy atom. The SMILES string of the molecule is CC1CCC(C(=O)N(c2ccc(Oc3ccncc3C(F)(F)F)cc2C(=O)O)C(C)C)CC1.COC(=O)c1cc(O)ccc1N(C(=O)C1CCC(C)CC1)C(C)C.FC(F)(F)c1cnccc1Cl. The van der Waals surface area contributed by atoms with Gasteiger partial charge in [0.2, 0.25) is 11.8 Å². The molecule has 0 saturated heterocycles. The van der Waals surface area contributed by atoms with Gasteiger partial charge < -0.3 is 29.5 Å². The van der Waals surface area contributed by atoms with Crippen LogP contribution in [-0.2, 0) is 26.7 Å². The summed E-state index contributed by atoms with van der Waals surface area (Å²) in [6, 6.07) is 10.2. The Balaban J connectivity index is 0.000000250. The molecular formula is C49H57ClF6N4O8. The molecule has 2 aliphatic carbocycles. The number of amides is 2. The summed E-state index contributed by atoms with van der Waals surface area (Å²) in [4.78, 5) is 60.5. The first-order chi connectivity index (χ1) is 31.8. The van der Waals surface area contributed by atoms with Gasteiger partial charge in [-0.2, -0.15) is 26.3 Å². The van der Waals surface area contributed by atoms with E-state index in [1.54, 1.807) is 24.8 Å². The van der Waals surface area contributed by atoms with E-state index >= 15 is 0 Å². The van der Waals surface area contributed by atoms with Gasteiger partial charge in [-0.15, -0.1) is 0 Å². The van der Waals surface area contributed by atoms with Crippen LogP contribution in [0.1, 0.15) is 125 Å². The number of esters is 1. The van der Waals surface area contributed by atoms with E-state index in [0.717, 1.165) is 75.8 Å². The Bertz CT molecular complexity index is 2360. The topological polar surface area (TPSA) is 159 Å². The highest BCUT2D eigenvalue weighted by Crippen LogP contribution is 2.40. The van der Waals surface area contributed by atoms with Crippen molar-refractivity contribution in [1.82, 2.24) is 9.97 Å². The molecule has 19 heteroatoms.